The third kappa shape index (κ3) is 2.09. The third-order valence-electron chi connectivity index (χ3n) is 3.16. The van der Waals surface area contributed by atoms with Gasteiger partial charge in [0, 0.05) is 0 Å². The normalized spacial score (nSPS) is 13.7. The highest BCUT2D eigenvalue weighted by atomic mass is 35.5. The molecule has 0 radical (unpaired) electrons. The van der Waals surface area contributed by atoms with E-state index >= 15 is 0 Å². The topological polar surface area (TPSA) is 87.8 Å². The van der Waals surface area contributed by atoms with Crippen LogP contribution in [0.15, 0.2) is 34.9 Å². The van der Waals surface area contributed by atoms with Crippen LogP contribution in [0.3, 0.4) is 0 Å². The van der Waals surface area contributed by atoms with Gasteiger partial charge >= 0.3 is 5.97 Å². The molecule has 1 aromatic heterocycles. The van der Waals surface area contributed by atoms with Crippen LogP contribution in [-0.4, -0.2) is 22.8 Å². The molecule has 0 atom stereocenters. The number of hydrogen-bond donors (Lipinski definition) is 1. The summed E-state index contributed by atoms with van der Waals surface area (Å²) in [6.07, 6.45) is 1.08. The Morgan fingerprint density at radius 3 is 2.76 bits per heavy atom. The predicted octanol–water partition coefficient (Wildman–Crippen LogP) is 2.36. The molecule has 1 aliphatic rings. The number of ketones is 1. The number of nitrogens with zero attached hydrogens (tertiary/aromatic N) is 1. The molecular formula is C14H8ClNO5. The van der Waals surface area contributed by atoms with Crippen molar-refractivity contribution in [2.45, 2.75) is 6.54 Å². The van der Waals surface area contributed by atoms with Crippen LogP contribution in [0.1, 0.15) is 26.5 Å². The lowest BCUT2D eigenvalue weighted by Crippen LogP contribution is -2.28. The van der Waals surface area contributed by atoms with Crippen LogP contribution in [0.4, 0.5) is 5.69 Å². The van der Waals surface area contributed by atoms with Gasteiger partial charge < -0.3 is 9.52 Å². The standard InChI is InChI=1S/C14H8ClNO5/c15-9-2-1-3-10-11(9)12(17)13(18)16(10)5-8-4-7(6-21-8)14(19)20/h1-4,6H,5H2,(H,19,20). The predicted molar refractivity (Wildman–Crippen MR) is 72.6 cm³/mol. The van der Waals surface area contributed by atoms with Crippen LogP contribution in [0, 0.1) is 0 Å². The van der Waals surface area contributed by atoms with Gasteiger partial charge in [-0.1, -0.05) is 17.7 Å². The Labute approximate surface area is 123 Å². The molecule has 0 saturated carbocycles. The van der Waals surface area contributed by atoms with E-state index in [1.54, 1.807) is 12.1 Å². The summed E-state index contributed by atoms with van der Waals surface area (Å²) in [4.78, 5) is 36.0. The summed E-state index contributed by atoms with van der Waals surface area (Å²) >= 11 is 5.94. The lowest BCUT2D eigenvalue weighted by Gasteiger charge is -2.14. The quantitative estimate of drug-likeness (QED) is 0.879. The molecule has 0 aliphatic carbocycles. The van der Waals surface area contributed by atoms with Crippen molar-refractivity contribution in [3.8, 4) is 0 Å². The summed E-state index contributed by atoms with van der Waals surface area (Å²) in [7, 11) is 0. The van der Waals surface area contributed by atoms with Gasteiger partial charge in [0.25, 0.3) is 11.7 Å². The summed E-state index contributed by atoms with van der Waals surface area (Å²) in [5.74, 6) is -2.26. The Balaban J connectivity index is 1.96. The first-order valence-corrected chi connectivity index (χ1v) is 6.32. The fourth-order valence-corrected chi connectivity index (χ4v) is 2.45. The highest BCUT2D eigenvalue weighted by molar-refractivity contribution is 6.55. The molecule has 6 nitrogen and oxygen atoms in total. The largest absolute Gasteiger partial charge is 0.478 e. The molecule has 0 spiro atoms. The summed E-state index contributed by atoms with van der Waals surface area (Å²) in [5, 5.41) is 9.04. The molecule has 0 unspecified atom stereocenters. The second-order valence-electron chi connectivity index (χ2n) is 4.46. The Morgan fingerprint density at radius 2 is 2.10 bits per heavy atom. The van der Waals surface area contributed by atoms with Crippen LogP contribution in [0.2, 0.25) is 5.02 Å². The number of carbonyl (C=O) groups is 3. The summed E-state index contributed by atoms with van der Waals surface area (Å²) < 4.78 is 5.10. The van der Waals surface area contributed by atoms with E-state index in [9.17, 15) is 14.4 Å². The number of furan rings is 1. The van der Waals surface area contributed by atoms with E-state index in [1.165, 1.54) is 17.0 Å². The average molecular weight is 306 g/mol. The molecule has 0 saturated heterocycles. The maximum absolute atomic E-state index is 12.0. The Kier molecular flexibility index (Phi) is 3.03. The van der Waals surface area contributed by atoms with Crippen LogP contribution >= 0.6 is 11.6 Å². The van der Waals surface area contributed by atoms with E-state index in [-0.39, 0.29) is 28.5 Å². The number of fused-ring (bicyclic) bond motifs is 1. The molecule has 0 bridgehead atoms. The number of rotatable bonds is 3. The number of carboxylic acid groups (broad SMARTS) is 1. The van der Waals surface area contributed by atoms with Gasteiger partial charge in [-0.25, -0.2) is 4.79 Å². The number of aromatic carboxylic acids is 1. The smallest absolute Gasteiger partial charge is 0.338 e. The van der Waals surface area contributed by atoms with Crippen molar-refractivity contribution < 1.29 is 23.9 Å². The second kappa shape index (κ2) is 4.75. The second-order valence-corrected chi connectivity index (χ2v) is 4.87. The van der Waals surface area contributed by atoms with Gasteiger partial charge in [0.1, 0.15) is 12.0 Å². The minimum absolute atomic E-state index is 0.0192. The van der Waals surface area contributed by atoms with E-state index < -0.39 is 17.7 Å². The minimum atomic E-state index is -1.13. The maximum atomic E-state index is 12.0. The summed E-state index contributed by atoms with van der Waals surface area (Å²) in [6.45, 7) is -0.0365. The van der Waals surface area contributed by atoms with Crippen molar-refractivity contribution in [3.63, 3.8) is 0 Å². The zero-order chi connectivity index (χ0) is 15.1. The van der Waals surface area contributed by atoms with Crippen molar-refractivity contribution in [2.75, 3.05) is 4.90 Å². The van der Waals surface area contributed by atoms with Crippen molar-refractivity contribution >= 4 is 34.9 Å². The Hall–Kier alpha value is -2.60. The van der Waals surface area contributed by atoms with Gasteiger partial charge in [-0.15, -0.1) is 0 Å². The van der Waals surface area contributed by atoms with Crippen molar-refractivity contribution in [2.24, 2.45) is 0 Å². The molecule has 106 valence electrons. The van der Waals surface area contributed by atoms with Gasteiger partial charge in [0.15, 0.2) is 0 Å². The first kappa shape index (κ1) is 13.4. The number of carbonyl (C=O) groups excluding carboxylic acids is 2. The van der Waals surface area contributed by atoms with Gasteiger partial charge in [0.2, 0.25) is 0 Å². The Morgan fingerprint density at radius 1 is 1.33 bits per heavy atom. The van der Waals surface area contributed by atoms with E-state index in [4.69, 9.17) is 21.1 Å². The first-order chi connectivity index (χ1) is 9.99. The molecule has 1 amide bonds. The molecule has 2 heterocycles. The molecule has 1 N–H and O–H groups in total. The number of halogens is 1. The van der Waals surface area contributed by atoms with Crippen LogP contribution < -0.4 is 4.90 Å². The molecule has 21 heavy (non-hydrogen) atoms. The monoisotopic (exact) mass is 305 g/mol. The number of hydrogen-bond acceptors (Lipinski definition) is 4. The zero-order valence-electron chi connectivity index (χ0n) is 10.5. The van der Waals surface area contributed by atoms with E-state index in [0.717, 1.165) is 6.26 Å². The summed E-state index contributed by atoms with van der Waals surface area (Å²) in [5.41, 5.74) is 0.536. The Bertz CT molecular complexity index is 779. The fraction of sp³-hybridized carbons (Fsp3) is 0.0714. The molecule has 2 aromatic rings. The zero-order valence-corrected chi connectivity index (χ0v) is 11.3. The summed E-state index contributed by atoms with van der Waals surface area (Å²) in [6, 6.07) is 6.07. The first-order valence-electron chi connectivity index (χ1n) is 5.94. The number of benzene rings is 1. The highest BCUT2D eigenvalue weighted by Crippen LogP contribution is 2.35. The lowest BCUT2D eigenvalue weighted by atomic mass is 10.1. The number of anilines is 1. The highest BCUT2D eigenvalue weighted by Gasteiger charge is 2.37. The van der Waals surface area contributed by atoms with Gasteiger partial charge in [-0.3, -0.25) is 14.5 Å². The molecule has 0 fully saturated rings. The van der Waals surface area contributed by atoms with Crippen molar-refractivity contribution in [3.05, 3.63) is 52.4 Å². The van der Waals surface area contributed by atoms with Gasteiger partial charge in [-0.05, 0) is 18.2 Å². The minimum Gasteiger partial charge on any atom is -0.478 e. The number of carboxylic acids is 1. The number of amides is 1. The van der Waals surface area contributed by atoms with Crippen LogP contribution in [0.5, 0.6) is 0 Å². The molecule has 1 aliphatic heterocycles. The average Bonchev–Trinajstić information content (AvgIpc) is 3.00. The fourth-order valence-electron chi connectivity index (χ4n) is 2.19. The van der Waals surface area contributed by atoms with E-state index in [2.05, 4.69) is 0 Å². The lowest BCUT2D eigenvalue weighted by molar-refractivity contribution is -0.114. The van der Waals surface area contributed by atoms with Crippen molar-refractivity contribution in [1.82, 2.24) is 0 Å². The van der Waals surface area contributed by atoms with E-state index in [0.29, 0.717) is 5.69 Å². The van der Waals surface area contributed by atoms with Crippen molar-refractivity contribution in [1.29, 1.82) is 0 Å². The van der Waals surface area contributed by atoms with Crippen LogP contribution in [0.25, 0.3) is 0 Å². The van der Waals surface area contributed by atoms with Gasteiger partial charge in [0.05, 0.1) is 28.4 Å². The van der Waals surface area contributed by atoms with E-state index in [1.807, 2.05) is 0 Å². The third-order valence-corrected chi connectivity index (χ3v) is 3.48. The maximum Gasteiger partial charge on any atom is 0.338 e. The molecule has 1 aromatic carbocycles. The molecule has 7 heteroatoms. The van der Waals surface area contributed by atoms with Gasteiger partial charge in [-0.2, -0.15) is 0 Å². The molecular weight excluding hydrogens is 298 g/mol. The number of Topliss-reactive ketones (excluding diaryl/α,β-unsaturated/α-hetero) is 1. The molecule has 3 rings (SSSR count). The SMILES string of the molecule is O=C(O)c1coc(CN2C(=O)C(=O)c3c(Cl)cccc32)c1. The van der Waals surface area contributed by atoms with Crippen LogP contribution in [-0.2, 0) is 11.3 Å².